The van der Waals surface area contributed by atoms with E-state index in [0.29, 0.717) is 6.54 Å². The molecule has 4 heteroatoms. The minimum absolute atomic E-state index is 0.00212. The van der Waals surface area contributed by atoms with Gasteiger partial charge in [0.1, 0.15) is 0 Å². The quantitative estimate of drug-likeness (QED) is 0.847. The molecule has 0 bridgehead atoms. The summed E-state index contributed by atoms with van der Waals surface area (Å²) in [4.78, 5) is 14.3. The van der Waals surface area contributed by atoms with Crippen molar-refractivity contribution in [3.8, 4) is 0 Å². The van der Waals surface area contributed by atoms with Gasteiger partial charge in [-0.1, -0.05) is 51.1 Å². The van der Waals surface area contributed by atoms with Crippen LogP contribution in [-0.2, 0) is 11.3 Å². The van der Waals surface area contributed by atoms with Crippen LogP contribution < -0.4 is 5.32 Å². The predicted molar refractivity (Wildman–Crippen MR) is 92.9 cm³/mol. The second-order valence-electron chi connectivity index (χ2n) is 6.93. The summed E-state index contributed by atoms with van der Waals surface area (Å²) in [7, 11) is 0. The number of piperidine rings is 1. The summed E-state index contributed by atoms with van der Waals surface area (Å²) in [5, 5.41) is 13.8. The van der Waals surface area contributed by atoms with E-state index in [0.717, 1.165) is 25.9 Å². The number of likely N-dealkylation sites (tertiary alicyclic amines) is 1. The number of aliphatic hydroxyl groups excluding tert-OH is 1. The molecule has 1 fully saturated rings. The molecule has 1 heterocycles. The van der Waals surface area contributed by atoms with Crippen molar-refractivity contribution in [1.29, 1.82) is 0 Å². The summed E-state index contributed by atoms with van der Waals surface area (Å²) in [5.74, 6) is 0.344. The van der Waals surface area contributed by atoms with Crippen LogP contribution in [0.25, 0.3) is 0 Å². The lowest BCUT2D eigenvalue weighted by molar-refractivity contribution is -0.138. The van der Waals surface area contributed by atoms with E-state index in [4.69, 9.17) is 0 Å². The summed E-state index contributed by atoms with van der Waals surface area (Å²) >= 11 is 0. The van der Waals surface area contributed by atoms with Crippen LogP contribution in [0, 0.1) is 11.8 Å². The number of benzene rings is 1. The summed E-state index contributed by atoms with van der Waals surface area (Å²) in [6, 6.07) is 10.5. The highest BCUT2D eigenvalue weighted by atomic mass is 16.3. The SMILES string of the molecule is CCC(O)C1CC(NCc2ccccc2)CN(C(=O)C(C)C)C1. The fraction of sp³-hybridized carbons (Fsp3) is 0.632. The maximum Gasteiger partial charge on any atom is 0.225 e. The lowest BCUT2D eigenvalue weighted by atomic mass is 9.87. The van der Waals surface area contributed by atoms with Crippen LogP contribution in [0.15, 0.2) is 30.3 Å². The van der Waals surface area contributed by atoms with Crippen molar-refractivity contribution in [1.82, 2.24) is 10.2 Å². The van der Waals surface area contributed by atoms with Gasteiger partial charge in [0.05, 0.1) is 6.10 Å². The molecular weight excluding hydrogens is 288 g/mol. The van der Waals surface area contributed by atoms with Crippen molar-refractivity contribution in [2.75, 3.05) is 13.1 Å². The van der Waals surface area contributed by atoms with Crippen molar-refractivity contribution in [3.63, 3.8) is 0 Å². The maximum atomic E-state index is 12.4. The Morgan fingerprint density at radius 3 is 2.61 bits per heavy atom. The first-order valence-corrected chi connectivity index (χ1v) is 8.75. The van der Waals surface area contributed by atoms with Crippen molar-refractivity contribution in [2.45, 2.75) is 52.3 Å². The van der Waals surface area contributed by atoms with E-state index in [1.165, 1.54) is 5.56 Å². The number of nitrogens with zero attached hydrogens (tertiary/aromatic N) is 1. The topological polar surface area (TPSA) is 52.6 Å². The Morgan fingerprint density at radius 1 is 1.30 bits per heavy atom. The number of hydrogen-bond donors (Lipinski definition) is 2. The summed E-state index contributed by atoms with van der Waals surface area (Å²) in [6.45, 7) is 8.08. The van der Waals surface area contributed by atoms with E-state index in [1.54, 1.807) is 0 Å². The van der Waals surface area contributed by atoms with Crippen LogP contribution >= 0.6 is 0 Å². The lowest BCUT2D eigenvalue weighted by Crippen LogP contribution is -2.54. The lowest BCUT2D eigenvalue weighted by Gasteiger charge is -2.40. The van der Waals surface area contributed by atoms with Crippen LogP contribution in [0.3, 0.4) is 0 Å². The molecule has 23 heavy (non-hydrogen) atoms. The highest BCUT2D eigenvalue weighted by molar-refractivity contribution is 5.78. The maximum absolute atomic E-state index is 12.4. The molecule has 0 aromatic heterocycles. The molecule has 3 unspecified atom stereocenters. The molecule has 0 aliphatic carbocycles. The summed E-state index contributed by atoms with van der Waals surface area (Å²) in [5.41, 5.74) is 1.24. The van der Waals surface area contributed by atoms with Gasteiger partial charge in [-0.05, 0) is 18.4 Å². The first-order chi connectivity index (χ1) is 11.0. The van der Waals surface area contributed by atoms with Crippen LogP contribution in [-0.4, -0.2) is 41.1 Å². The van der Waals surface area contributed by atoms with Gasteiger partial charge < -0.3 is 15.3 Å². The van der Waals surface area contributed by atoms with E-state index in [2.05, 4.69) is 17.4 Å². The molecule has 1 amide bonds. The van der Waals surface area contributed by atoms with Crippen molar-refractivity contribution < 1.29 is 9.90 Å². The van der Waals surface area contributed by atoms with Gasteiger partial charge in [-0.2, -0.15) is 0 Å². The van der Waals surface area contributed by atoms with Crippen LogP contribution in [0.4, 0.5) is 0 Å². The third-order valence-electron chi connectivity index (χ3n) is 4.69. The minimum Gasteiger partial charge on any atom is -0.393 e. The van der Waals surface area contributed by atoms with Gasteiger partial charge >= 0.3 is 0 Å². The number of amides is 1. The van der Waals surface area contributed by atoms with Crippen LogP contribution in [0.5, 0.6) is 0 Å². The van der Waals surface area contributed by atoms with Gasteiger partial charge in [0.15, 0.2) is 0 Å². The van der Waals surface area contributed by atoms with Gasteiger partial charge in [0, 0.05) is 37.5 Å². The van der Waals surface area contributed by atoms with Gasteiger partial charge in [-0.3, -0.25) is 4.79 Å². The fourth-order valence-corrected chi connectivity index (χ4v) is 3.30. The zero-order valence-corrected chi connectivity index (χ0v) is 14.5. The first-order valence-electron chi connectivity index (χ1n) is 8.75. The van der Waals surface area contributed by atoms with Gasteiger partial charge in [0.25, 0.3) is 0 Å². The monoisotopic (exact) mass is 318 g/mol. The number of carbonyl (C=O) groups excluding carboxylic acids is 1. The highest BCUT2D eigenvalue weighted by Gasteiger charge is 2.33. The summed E-state index contributed by atoms with van der Waals surface area (Å²) < 4.78 is 0. The van der Waals surface area contributed by atoms with Gasteiger partial charge in [-0.15, -0.1) is 0 Å². The Morgan fingerprint density at radius 2 is 2.00 bits per heavy atom. The second kappa shape index (κ2) is 8.46. The molecule has 1 aliphatic heterocycles. The normalized spacial score (nSPS) is 23.1. The number of aliphatic hydroxyl groups is 1. The molecular formula is C19H30N2O2. The van der Waals surface area contributed by atoms with Crippen molar-refractivity contribution in [2.24, 2.45) is 11.8 Å². The molecule has 1 aliphatic rings. The van der Waals surface area contributed by atoms with Crippen molar-refractivity contribution in [3.05, 3.63) is 35.9 Å². The molecule has 3 atom stereocenters. The Labute approximate surface area is 139 Å². The molecule has 2 N–H and O–H groups in total. The third kappa shape index (κ3) is 5.05. The Balaban J connectivity index is 2.00. The highest BCUT2D eigenvalue weighted by Crippen LogP contribution is 2.23. The van der Waals surface area contributed by atoms with Crippen LogP contribution in [0.1, 0.15) is 39.2 Å². The van der Waals surface area contributed by atoms with Crippen LogP contribution in [0.2, 0.25) is 0 Å². The zero-order chi connectivity index (χ0) is 16.8. The average Bonchev–Trinajstić information content (AvgIpc) is 2.59. The van der Waals surface area contributed by atoms with Crippen molar-refractivity contribution >= 4 is 5.91 Å². The molecule has 0 radical (unpaired) electrons. The molecule has 0 saturated carbocycles. The Hall–Kier alpha value is -1.39. The number of nitrogens with one attached hydrogen (secondary N) is 1. The molecule has 0 spiro atoms. The predicted octanol–water partition coefficient (Wildman–Crippen LogP) is 2.42. The third-order valence-corrected chi connectivity index (χ3v) is 4.69. The second-order valence-corrected chi connectivity index (χ2v) is 6.93. The molecule has 1 aromatic rings. The van der Waals surface area contributed by atoms with E-state index in [9.17, 15) is 9.90 Å². The molecule has 128 valence electrons. The smallest absolute Gasteiger partial charge is 0.225 e. The summed E-state index contributed by atoms with van der Waals surface area (Å²) in [6.07, 6.45) is 1.32. The number of carbonyl (C=O) groups is 1. The first kappa shape index (κ1) is 18.0. The number of rotatable bonds is 6. The number of hydrogen-bond acceptors (Lipinski definition) is 3. The Kier molecular flexibility index (Phi) is 6.60. The Bertz CT molecular complexity index is 489. The van der Waals surface area contributed by atoms with Gasteiger partial charge in [0.2, 0.25) is 5.91 Å². The van der Waals surface area contributed by atoms with E-state index in [-0.39, 0.29) is 29.9 Å². The van der Waals surface area contributed by atoms with E-state index < -0.39 is 0 Å². The van der Waals surface area contributed by atoms with E-state index >= 15 is 0 Å². The fourth-order valence-electron chi connectivity index (χ4n) is 3.30. The largest absolute Gasteiger partial charge is 0.393 e. The molecule has 1 aromatic carbocycles. The molecule has 4 nitrogen and oxygen atoms in total. The molecule has 2 rings (SSSR count). The van der Waals surface area contributed by atoms with E-state index in [1.807, 2.05) is 43.9 Å². The zero-order valence-electron chi connectivity index (χ0n) is 14.5. The van der Waals surface area contributed by atoms with Gasteiger partial charge in [-0.25, -0.2) is 0 Å². The molecule has 1 saturated heterocycles. The minimum atomic E-state index is -0.334. The standard InChI is InChI=1S/C19H30N2O2/c1-4-18(22)16-10-17(13-21(12-16)19(23)14(2)3)20-11-15-8-6-5-7-9-15/h5-9,14,16-18,20,22H,4,10-13H2,1-3H3. The average molecular weight is 318 g/mol.